The minimum atomic E-state index is -0.106. The fourth-order valence-electron chi connectivity index (χ4n) is 1.50. The predicted octanol–water partition coefficient (Wildman–Crippen LogP) is 0.877. The smallest absolute Gasteiger partial charge is 0.211 e. The molecule has 1 aromatic carbocycles. The van der Waals surface area contributed by atoms with Crippen LogP contribution in [0.2, 0.25) is 0 Å². The fraction of sp³-hybridized carbons (Fsp3) is 0.273. The van der Waals surface area contributed by atoms with Crippen LogP contribution < -0.4 is 11.5 Å². The summed E-state index contributed by atoms with van der Waals surface area (Å²) in [6.07, 6.45) is 3.84. The van der Waals surface area contributed by atoms with Gasteiger partial charge in [-0.25, -0.2) is 0 Å². The van der Waals surface area contributed by atoms with Crippen molar-refractivity contribution < 1.29 is 5.11 Å². The molecule has 0 bridgehead atoms. The van der Waals surface area contributed by atoms with Gasteiger partial charge >= 0.3 is 0 Å². The van der Waals surface area contributed by atoms with Crippen molar-refractivity contribution in [2.24, 2.45) is 21.7 Å². The largest absolute Gasteiger partial charge is 0.507 e. The van der Waals surface area contributed by atoms with Crippen molar-refractivity contribution >= 4 is 12.2 Å². The van der Waals surface area contributed by atoms with Crippen LogP contribution in [0.25, 0.3) is 0 Å². The third-order valence-corrected chi connectivity index (χ3v) is 2.47. The van der Waals surface area contributed by atoms with Crippen LogP contribution in [-0.4, -0.2) is 17.3 Å². The number of rotatable bonds is 3. The van der Waals surface area contributed by atoms with Crippen LogP contribution in [0.5, 0.6) is 5.75 Å². The highest BCUT2D eigenvalue weighted by Gasteiger charge is 2.23. The number of phenols is 1. The molecular formula is C11H14N4O. The number of guanidine groups is 1. The number of phenolic OH excluding ortho intramolecular Hbond substituents is 1. The Morgan fingerprint density at radius 3 is 2.69 bits per heavy atom. The zero-order valence-electron chi connectivity index (χ0n) is 8.80. The van der Waals surface area contributed by atoms with E-state index in [4.69, 9.17) is 11.5 Å². The van der Waals surface area contributed by atoms with Gasteiger partial charge in [-0.3, -0.25) is 0 Å². The molecule has 0 radical (unpaired) electrons. The molecule has 0 aliphatic heterocycles. The van der Waals surface area contributed by atoms with Crippen molar-refractivity contribution in [3.8, 4) is 5.75 Å². The Hall–Kier alpha value is -2.04. The second-order valence-corrected chi connectivity index (χ2v) is 3.86. The molecule has 1 saturated carbocycles. The van der Waals surface area contributed by atoms with E-state index in [1.165, 1.54) is 24.6 Å². The summed E-state index contributed by atoms with van der Waals surface area (Å²) in [5.74, 6) is 0.721. The molecule has 5 nitrogen and oxygen atoms in total. The van der Waals surface area contributed by atoms with Gasteiger partial charge in [0.05, 0.1) is 6.21 Å². The Morgan fingerprint density at radius 2 is 2.12 bits per heavy atom. The van der Waals surface area contributed by atoms with Gasteiger partial charge in [0, 0.05) is 5.56 Å². The molecule has 0 heterocycles. The van der Waals surface area contributed by atoms with E-state index in [0.29, 0.717) is 11.5 Å². The topological polar surface area (TPSA) is 97.0 Å². The van der Waals surface area contributed by atoms with Gasteiger partial charge in [0.15, 0.2) is 0 Å². The predicted molar refractivity (Wildman–Crippen MR) is 63.5 cm³/mol. The molecule has 1 aliphatic carbocycles. The van der Waals surface area contributed by atoms with Crippen molar-refractivity contribution in [1.29, 1.82) is 0 Å². The number of hydrogen-bond donors (Lipinski definition) is 3. The Balaban J connectivity index is 2.15. The maximum atomic E-state index is 9.73. The van der Waals surface area contributed by atoms with Crippen LogP contribution in [0.15, 0.2) is 28.4 Å². The first-order valence-corrected chi connectivity index (χ1v) is 5.11. The maximum absolute atomic E-state index is 9.73. The first kappa shape index (κ1) is 10.5. The third kappa shape index (κ3) is 2.50. The quantitative estimate of drug-likeness (QED) is 0.399. The molecular weight excluding hydrogens is 204 g/mol. The first-order valence-electron chi connectivity index (χ1n) is 5.11. The average Bonchev–Trinajstić information content (AvgIpc) is 3.03. The second kappa shape index (κ2) is 4.22. The van der Waals surface area contributed by atoms with Crippen molar-refractivity contribution in [1.82, 2.24) is 0 Å². The van der Waals surface area contributed by atoms with Gasteiger partial charge in [0.1, 0.15) is 5.75 Å². The lowest BCUT2D eigenvalue weighted by Crippen LogP contribution is -2.21. The molecule has 5 N–H and O–H groups in total. The molecule has 1 fully saturated rings. The maximum Gasteiger partial charge on any atom is 0.211 e. The van der Waals surface area contributed by atoms with Crippen LogP contribution in [0, 0.1) is 0 Å². The number of hydrogen-bond acceptors (Lipinski definition) is 3. The van der Waals surface area contributed by atoms with Crippen molar-refractivity contribution in [2.45, 2.75) is 18.8 Å². The molecule has 84 valence electrons. The summed E-state index contributed by atoms with van der Waals surface area (Å²) in [7, 11) is 0. The Morgan fingerprint density at radius 1 is 1.38 bits per heavy atom. The first-order chi connectivity index (χ1) is 7.66. The Bertz CT molecular complexity index is 445. The van der Waals surface area contributed by atoms with Crippen LogP contribution >= 0.6 is 0 Å². The fourth-order valence-corrected chi connectivity index (χ4v) is 1.50. The van der Waals surface area contributed by atoms with Gasteiger partial charge in [-0.15, -0.1) is 5.10 Å². The Kier molecular flexibility index (Phi) is 2.76. The number of aromatic hydroxyl groups is 1. The van der Waals surface area contributed by atoms with Crippen molar-refractivity contribution in [3.05, 3.63) is 29.3 Å². The van der Waals surface area contributed by atoms with Gasteiger partial charge in [0.2, 0.25) is 5.96 Å². The lowest BCUT2D eigenvalue weighted by Gasteiger charge is -2.01. The van der Waals surface area contributed by atoms with E-state index in [-0.39, 0.29) is 11.7 Å². The summed E-state index contributed by atoms with van der Waals surface area (Å²) in [5.41, 5.74) is 12.0. The van der Waals surface area contributed by atoms with Crippen LogP contribution in [0.3, 0.4) is 0 Å². The van der Waals surface area contributed by atoms with Crippen LogP contribution in [-0.2, 0) is 0 Å². The monoisotopic (exact) mass is 218 g/mol. The standard InChI is InChI=1S/C11H14N4O/c12-11(13)15-14-6-9-4-3-8(5-10(9)16)7-1-2-7/h3-7,16H,1-2H2,(H4,12,13,15). The normalized spacial score (nSPS) is 15.2. The summed E-state index contributed by atoms with van der Waals surface area (Å²) in [6, 6.07) is 5.58. The van der Waals surface area contributed by atoms with E-state index in [2.05, 4.69) is 10.2 Å². The summed E-state index contributed by atoms with van der Waals surface area (Å²) in [6.45, 7) is 0. The molecule has 0 amide bonds. The van der Waals surface area contributed by atoms with Gasteiger partial charge in [0.25, 0.3) is 0 Å². The van der Waals surface area contributed by atoms with Gasteiger partial charge in [-0.05, 0) is 36.5 Å². The lowest BCUT2D eigenvalue weighted by atomic mass is 10.1. The van der Waals surface area contributed by atoms with E-state index in [9.17, 15) is 5.11 Å². The van der Waals surface area contributed by atoms with E-state index in [1.807, 2.05) is 12.1 Å². The molecule has 0 saturated heterocycles. The zero-order valence-corrected chi connectivity index (χ0v) is 8.80. The Labute approximate surface area is 93.5 Å². The molecule has 2 rings (SSSR count). The number of benzene rings is 1. The highest BCUT2D eigenvalue weighted by molar-refractivity contribution is 5.84. The average molecular weight is 218 g/mol. The van der Waals surface area contributed by atoms with Gasteiger partial charge < -0.3 is 16.6 Å². The zero-order chi connectivity index (χ0) is 11.5. The van der Waals surface area contributed by atoms with Crippen molar-refractivity contribution in [3.63, 3.8) is 0 Å². The highest BCUT2D eigenvalue weighted by Crippen LogP contribution is 2.41. The molecule has 0 aromatic heterocycles. The minimum absolute atomic E-state index is 0.106. The van der Waals surface area contributed by atoms with E-state index >= 15 is 0 Å². The van der Waals surface area contributed by atoms with E-state index in [0.717, 1.165) is 0 Å². The second-order valence-electron chi connectivity index (χ2n) is 3.86. The number of nitrogens with two attached hydrogens (primary N) is 2. The van der Waals surface area contributed by atoms with E-state index < -0.39 is 0 Å². The summed E-state index contributed by atoms with van der Waals surface area (Å²) < 4.78 is 0. The van der Waals surface area contributed by atoms with Gasteiger partial charge in [-0.1, -0.05) is 6.07 Å². The summed E-state index contributed by atoms with van der Waals surface area (Å²) in [5, 5.41) is 16.8. The number of nitrogens with zero attached hydrogens (tertiary/aromatic N) is 2. The van der Waals surface area contributed by atoms with Crippen LogP contribution in [0.1, 0.15) is 29.9 Å². The molecule has 5 heteroatoms. The molecule has 1 aromatic rings. The highest BCUT2D eigenvalue weighted by atomic mass is 16.3. The van der Waals surface area contributed by atoms with E-state index in [1.54, 1.807) is 6.07 Å². The van der Waals surface area contributed by atoms with Crippen LogP contribution in [0.4, 0.5) is 0 Å². The molecule has 0 atom stereocenters. The minimum Gasteiger partial charge on any atom is -0.507 e. The van der Waals surface area contributed by atoms with Gasteiger partial charge in [-0.2, -0.15) is 5.10 Å². The van der Waals surface area contributed by atoms with Crippen molar-refractivity contribution in [2.75, 3.05) is 0 Å². The third-order valence-electron chi connectivity index (χ3n) is 2.47. The SMILES string of the molecule is NC(N)=NN=Cc1ccc(C2CC2)cc1O. The molecule has 1 aliphatic rings. The lowest BCUT2D eigenvalue weighted by molar-refractivity contribution is 0.473. The molecule has 0 unspecified atom stereocenters. The summed E-state index contributed by atoms with van der Waals surface area (Å²) in [4.78, 5) is 0. The molecule has 0 spiro atoms. The molecule has 16 heavy (non-hydrogen) atoms. The summed E-state index contributed by atoms with van der Waals surface area (Å²) >= 11 is 0.